The van der Waals surface area contributed by atoms with Crippen molar-refractivity contribution >= 4 is 11.6 Å². The van der Waals surface area contributed by atoms with E-state index in [2.05, 4.69) is 10.3 Å². The molecule has 0 radical (unpaired) electrons. The monoisotopic (exact) mass is 233 g/mol. The van der Waals surface area contributed by atoms with Crippen LogP contribution >= 0.6 is 11.6 Å². The zero-order valence-electron chi connectivity index (χ0n) is 8.86. The van der Waals surface area contributed by atoms with Gasteiger partial charge in [-0.25, -0.2) is 4.39 Å². The first kappa shape index (κ1) is 12.2. The van der Waals surface area contributed by atoms with Crippen molar-refractivity contribution < 1.29 is 14.0 Å². The number of hydrogen-bond acceptors (Lipinski definition) is 3. The largest absolute Gasteiger partial charge is 0.496 e. The number of halogens is 2. The molecule has 1 aromatic carbocycles. The molecule has 0 bridgehead atoms. The first-order valence-electron chi connectivity index (χ1n) is 4.39. The summed E-state index contributed by atoms with van der Waals surface area (Å²) in [6, 6.07) is 1.53. The van der Waals surface area contributed by atoms with Crippen molar-refractivity contribution in [1.29, 1.82) is 0 Å². The number of hydrogen-bond donors (Lipinski definition) is 1. The Labute approximate surface area is 93.1 Å². The van der Waals surface area contributed by atoms with Crippen molar-refractivity contribution in [1.82, 2.24) is 5.48 Å². The van der Waals surface area contributed by atoms with Gasteiger partial charge in [-0.15, -0.1) is 0 Å². The SMILES string of the molecule is CONCc1c(F)c(Cl)cc(C)c1OC. The summed E-state index contributed by atoms with van der Waals surface area (Å²) >= 11 is 5.73. The lowest BCUT2D eigenvalue weighted by atomic mass is 10.1. The van der Waals surface area contributed by atoms with Gasteiger partial charge >= 0.3 is 0 Å². The Hall–Kier alpha value is -0.840. The predicted octanol–water partition coefficient (Wildman–Crippen LogP) is 2.45. The van der Waals surface area contributed by atoms with Gasteiger partial charge in [0.25, 0.3) is 0 Å². The minimum absolute atomic E-state index is 0.0844. The van der Waals surface area contributed by atoms with Crippen LogP contribution in [0.4, 0.5) is 4.39 Å². The Morgan fingerprint density at radius 2 is 2.13 bits per heavy atom. The summed E-state index contributed by atoms with van der Waals surface area (Å²) in [5.41, 5.74) is 3.71. The van der Waals surface area contributed by atoms with E-state index in [0.29, 0.717) is 11.3 Å². The third kappa shape index (κ3) is 2.59. The Morgan fingerprint density at radius 1 is 1.47 bits per heavy atom. The molecule has 0 aliphatic heterocycles. The summed E-state index contributed by atoms with van der Waals surface area (Å²) < 4.78 is 18.8. The molecule has 0 saturated heterocycles. The molecule has 84 valence electrons. The van der Waals surface area contributed by atoms with Gasteiger partial charge in [-0.2, -0.15) is 5.48 Å². The molecule has 1 N–H and O–H groups in total. The molecular formula is C10H13ClFNO2. The molecule has 3 nitrogen and oxygen atoms in total. The van der Waals surface area contributed by atoms with Crippen LogP contribution < -0.4 is 10.2 Å². The molecule has 5 heteroatoms. The highest BCUT2D eigenvalue weighted by Crippen LogP contribution is 2.31. The topological polar surface area (TPSA) is 30.5 Å². The summed E-state index contributed by atoms with van der Waals surface area (Å²) in [6.45, 7) is 2.01. The van der Waals surface area contributed by atoms with Crippen molar-refractivity contribution in [2.24, 2.45) is 0 Å². The van der Waals surface area contributed by atoms with Crippen molar-refractivity contribution in [2.75, 3.05) is 14.2 Å². The van der Waals surface area contributed by atoms with E-state index in [1.54, 1.807) is 6.92 Å². The first-order chi connectivity index (χ1) is 7.11. The maximum Gasteiger partial charge on any atom is 0.150 e. The van der Waals surface area contributed by atoms with E-state index in [9.17, 15) is 4.39 Å². The molecule has 0 amide bonds. The molecular weight excluding hydrogens is 221 g/mol. The summed E-state index contributed by atoms with van der Waals surface area (Å²) in [5, 5.41) is 0.0844. The van der Waals surface area contributed by atoms with Gasteiger partial charge < -0.3 is 9.57 Å². The van der Waals surface area contributed by atoms with E-state index in [1.807, 2.05) is 0 Å². The van der Waals surface area contributed by atoms with E-state index < -0.39 is 5.82 Å². The fraction of sp³-hybridized carbons (Fsp3) is 0.400. The number of aryl methyl sites for hydroxylation is 1. The molecule has 0 aliphatic rings. The number of rotatable bonds is 4. The van der Waals surface area contributed by atoms with E-state index in [1.165, 1.54) is 20.3 Å². The lowest BCUT2D eigenvalue weighted by molar-refractivity contribution is 0.0852. The second-order valence-electron chi connectivity index (χ2n) is 3.03. The van der Waals surface area contributed by atoms with Crippen molar-refractivity contribution in [2.45, 2.75) is 13.5 Å². The number of ether oxygens (including phenoxy) is 1. The fourth-order valence-corrected chi connectivity index (χ4v) is 1.66. The van der Waals surface area contributed by atoms with E-state index in [4.69, 9.17) is 16.3 Å². The van der Waals surface area contributed by atoms with Gasteiger partial charge in [0, 0.05) is 5.56 Å². The normalized spacial score (nSPS) is 10.5. The molecule has 15 heavy (non-hydrogen) atoms. The number of benzene rings is 1. The zero-order chi connectivity index (χ0) is 11.4. The lowest BCUT2D eigenvalue weighted by Gasteiger charge is -2.13. The van der Waals surface area contributed by atoms with Gasteiger partial charge in [-0.3, -0.25) is 0 Å². The molecule has 0 unspecified atom stereocenters. The predicted molar refractivity (Wildman–Crippen MR) is 56.5 cm³/mol. The van der Waals surface area contributed by atoms with Crippen LogP contribution in [0, 0.1) is 12.7 Å². The van der Waals surface area contributed by atoms with Crippen molar-refractivity contribution in [3.63, 3.8) is 0 Å². The van der Waals surface area contributed by atoms with Gasteiger partial charge in [-0.1, -0.05) is 11.6 Å². The maximum atomic E-state index is 13.6. The number of methoxy groups -OCH3 is 1. The quantitative estimate of drug-likeness (QED) is 0.811. The Morgan fingerprint density at radius 3 is 2.67 bits per heavy atom. The average Bonchev–Trinajstić information content (AvgIpc) is 2.21. The van der Waals surface area contributed by atoms with E-state index >= 15 is 0 Å². The van der Waals surface area contributed by atoms with Gasteiger partial charge in [0.15, 0.2) is 0 Å². The molecule has 0 atom stereocenters. The van der Waals surface area contributed by atoms with Crippen LogP contribution in [0.2, 0.25) is 5.02 Å². The Kier molecular flexibility index (Phi) is 4.32. The molecule has 0 heterocycles. The van der Waals surface area contributed by atoms with Crippen LogP contribution in [-0.2, 0) is 11.4 Å². The van der Waals surface area contributed by atoms with Gasteiger partial charge in [0.05, 0.1) is 25.8 Å². The lowest BCUT2D eigenvalue weighted by Crippen LogP contribution is -2.13. The molecule has 1 aromatic rings. The summed E-state index contributed by atoms with van der Waals surface area (Å²) in [4.78, 5) is 4.66. The standard InChI is InChI=1S/C10H13ClFNO2/c1-6-4-8(11)9(12)7(5-13-15-3)10(6)14-2/h4,13H,5H2,1-3H3. The van der Waals surface area contributed by atoms with Crippen molar-refractivity contribution in [3.8, 4) is 5.75 Å². The van der Waals surface area contributed by atoms with Crippen LogP contribution in [0.3, 0.4) is 0 Å². The second-order valence-corrected chi connectivity index (χ2v) is 3.43. The van der Waals surface area contributed by atoms with E-state index in [-0.39, 0.29) is 11.6 Å². The minimum Gasteiger partial charge on any atom is -0.496 e. The highest BCUT2D eigenvalue weighted by atomic mass is 35.5. The molecule has 0 aliphatic carbocycles. The molecule has 0 saturated carbocycles. The third-order valence-corrected chi connectivity index (χ3v) is 2.32. The molecule has 1 rings (SSSR count). The van der Waals surface area contributed by atoms with Crippen LogP contribution in [-0.4, -0.2) is 14.2 Å². The third-order valence-electron chi connectivity index (χ3n) is 2.05. The van der Waals surface area contributed by atoms with E-state index in [0.717, 1.165) is 5.56 Å². The Balaban J connectivity index is 3.18. The average molecular weight is 234 g/mol. The van der Waals surface area contributed by atoms with Gasteiger partial charge in [0.2, 0.25) is 0 Å². The summed E-state index contributed by atoms with van der Waals surface area (Å²) in [5.74, 6) is 0.00474. The number of nitrogens with one attached hydrogen (secondary N) is 1. The Bertz CT molecular complexity index is 358. The maximum absolute atomic E-state index is 13.6. The van der Waals surface area contributed by atoms with Crippen molar-refractivity contribution in [3.05, 3.63) is 28.0 Å². The van der Waals surface area contributed by atoms with Crippen LogP contribution in [0.25, 0.3) is 0 Å². The smallest absolute Gasteiger partial charge is 0.150 e. The zero-order valence-corrected chi connectivity index (χ0v) is 9.61. The van der Waals surface area contributed by atoms with Gasteiger partial charge in [-0.05, 0) is 18.6 Å². The highest BCUT2D eigenvalue weighted by molar-refractivity contribution is 6.30. The van der Waals surface area contributed by atoms with Crippen LogP contribution in [0.1, 0.15) is 11.1 Å². The summed E-state index contributed by atoms with van der Waals surface area (Å²) in [6.07, 6.45) is 0. The fourth-order valence-electron chi connectivity index (χ4n) is 1.39. The molecule has 0 fully saturated rings. The molecule has 0 aromatic heterocycles. The minimum atomic E-state index is -0.483. The number of hydroxylamine groups is 1. The molecule has 0 spiro atoms. The summed E-state index contributed by atoms with van der Waals surface area (Å²) in [7, 11) is 2.95. The first-order valence-corrected chi connectivity index (χ1v) is 4.77. The second kappa shape index (κ2) is 5.30. The van der Waals surface area contributed by atoms with Crippen LogP contribution in [0.5, 0.6) is 5.75 Å². The highest BCUT2D eigenvalue weighted by Gasteiger charge is 2.15. The van der Waals surface area contributed by atoms with Crippen LogP contribution in [0.15, 0.2) is 6.07 Å². The van der Waals surface area contributed by atoms with Gasteiger partial charge in [0.1, 0.15) is 11.6 Å².